The molecule has 2 rings (SSSR count). The third-order valence-corrected chi connectivity index (χ3v) is 5.53. The Bertz CT molecular complexity index is 309. The van der Waals surface area contributed by atoms with E-state index in [1.165, 1.54) is 44.9 Å². The van der Waals surface area contributed by atoms with E-state index >= 15 is 0 Å². The Kier molecular flexibility index (Phi) is 5.88. The molecule has 2 fully saturated rings. The maximum atomic E-state index is 11.2. The average Bonchev–Trinajstić information content (AvgIpc) is 3.07. The number of carboxylic acids is 1. The highest BCUT2D eigenvalue weighted by Crippen LogP contribution is 2.42. The van der Waals surface area contributed by atoms with Crippen LogP contribution < -0.4 is 0 Å². The van der Waals surface area contributed by atoms with Gasteiger partial charge in [-0.3, -0.25) is 4.79 Å². The molecule has 0 aliphatic heterocycles. The van der Waals surface area contributed by atoms with E-state index in [-0.39, 0.29) is 11.8 Å². The lowest BCUT2D eigenvalue weighted by molar-refractivity contribution is -0.145. The van der Waals surface area contributed by atoms with Crippen LogP contribution in [0.4, 0.5) is 0 Å². The number of aliphatic carboxylic acids is 1. The van der Waals surface area contributed by atoms with Crippen LogP contribution in [0.3, 0.4) is 0 Å². The molecule has 0 saturated heterocycles. The minimum atomic E-state index is -0.678. The van der Waals surface area contributed by atoms with Crippen LogP contribution >= 0.6 is 0 Å². The Labute approximate surface area is 123 Å². The van der Waals surface area contributed by atoms with Gasteiger partial charge in [-0.1, -0.05) is 46.0 Å². The molecule has 20 heavy (non-hydrogen) atoms. The molecule has 0 bridgehead atoms. The lowest BCUT2D eigenvalue weighted by Crippen LogP contribution is -2.30. The van der Waals surface area contributed by atoms with Crippen molar-refractivity contribution in [3.05, 3.63) is 0 Å². The Balaban J connectivity index is 1.81. The van der Waals surface area contributed by atoms with Crippen LogP contribution in [0.2, 0.25) is 0 Å². The van der Waals surface area contributed by atoms with E-state index in [4.69, 9.17) is 4.74 Å². The highest BCUT2D eigenvalue weighted by Gasteiger charge is 2.36. The zero-order valence-electron chi connectivity index (χ0n) is 13.0. The van der Waals surface area contributed by atoms with Gasteiger partial charge in [0.1, 0.15) is 0 Å². The Hall–Kier alpha value is -0.570. The van der Waals surface area contributed by atoms with Gasteiger partial charge in [0.15, 0.2) is 0 Å². The highest BCUT2D eigenvalue weighted by molar-refractivity contribution is 5.70. The zero-order chi connectivity index (χ0) is 14.5. The normalized spacial score (nSPS) is 30.5. The summed E-state index contributed by atoms with van der Waals surface area (Å²) in [5.74, 6) is 0.792. The van der Waals surface area contributed by atoms with Crippen LogP contribution in [0, 0.1) is 23.7 Å². The van der Waals surface area contributed by atoms with Crippen molar-refractivity contribution >= 4 is 5.97 Å². The van der Waals surface area contributed by atoms with Gasteiger partial charge < -0.3 is 9.84 Å². The van der Waals surface area contributed by atoms with E-state index in [2.05, 4.69) is 0 Å². The molecule has 0 radical (unpaired) electrons. The molecule has 0 amide bonds. The Morgan fingerprint density at radius 1 is 1.20 bits per heavy atom. The third-order valence-electron chi connectivity index (χ3n) is 5.53. The molecule has 1 N–H and O–H groups in total. The number of rotatable bonds is 7. The Morgan fingerprint density at radius 2 is 1.90 bits per heavy atom. The van der Waals surface area contributed by atoms with Crippen LogP contribution in [0.15, 0.2) is 0 Å². The maximum Gasteiger partial charge on any atom is 0.306 e. The van der Waals surface area contributed by atoms with E-state index in [9.17, 15) is 9.90 Å². The first-order valence-electron chi connectivity index (χ1n) is 8.47. The minimum Gasteiger partial charge on any atom is -0.481 e. The predicted molar refractivity (Wildman–Crippen MR) is 79.6 cm³/mol. The summed E-state index contributed by atoms with van der Waals surface area (Å²) in [4.78, 5) is 11.2. The van der Waals surface area contributed by atoms with Gasteiger partial charge in [-0.15, -0.1) is 0 Å². The van der Waals surface area contributed by atoms with Crippen molar-refractivity contribution in [2.24, 2.45) is 23.7 Å². The molecule has 0 spiro atoms. The van der Waals surface area contributed by atoms with Crippen LogP contribution in [-0.4, -0.2) is 23.8 Å². The van der Waals surface area contributed by atoms with E-state index in [0.717, 1.165) is 11.8 Å². The summed E-state index contributed by atoms with van der Waals surface area (Å²) in [7, 11) is 0. The fraction of sp³-hybridized carbons (Fsp3) is 0.941. The van der Waals surface area contributed by atoms with Gasteiger partial charge in [-0.05, 0) is 37.0 Å². The standard InChI is InChI=1S/C17H30O3/c1-3-14(17(18)19)12(2)11-20-16-10-6-9-15(16)13-7-4-5-8-13/h12-16H,3-11H2,1-2H3,(H,18,19). The van der Waals surface area contributed by atoms with Crippen molar-refractivity contribution in [1.82, 2.24) is 0 Å². The lowest BCUT2D eigenvalue weighted by Gasteiger charge is -2.28. The van der Waals surface area contributed by atoms with E-state index in [1.54, 1.807) is 0 Å². The minimum absolute atomic E-state index is 0.113. The van der Waals surface area contributed by atoms with Gasteiger partial charge in [-0.25, -0.2) is 0 Å². The zero-order valence-corrected chi connectivity index (χ0v) is 13.0. The van der Waals surface area contributed by atoms with Crippen LogP contribution in [0.5, 0.6) is 0 Å². The SMILES string of the molecule is CCC(C(=O)O)C(C)COC1CCCC1C1CCCC1. The number of carboxylic acid groups (broad SMARTS) is 1. The van der Waals surface area contributed by atoms with Gasteiger partial charge in [0, 0.05) is 0 Å². The fourth-order valence-corrected chi connectivity index (χ4v) is 4.30. The first kappa shape index (κ1) is 15.8. The summed E-state index contributed by atoms with van der Waals surface area (Å²) in [6.07, 6.45) is 10.4. The molecular formula is C17H30O3. The van der Waals surface area contributed by atoms with Gasteiger partial charge in [0.25, 0.3) is 0 Å². The second-order valence-electron chi connectivity index (χ2n) is 6.84. The fourth-order valence-electron chi connectivity index (χ4n) is 4.30. The molecule has 0 heterocycles. The van der Waals surface area contributed by atoms with Crippen LogP contribution in [0.1, 0.15) is 65.2 Å². The summed E-state index contributed by atoms with van der Waals surface area (Å²) in [6.45, 7) is 4.58. The molecule has 2 aliphatic rings. The molecule has 0 aromatic heterocycles. The third kappa shape index (κ3) is 3.75. The van der Waals surface area contributed by atoms with Gasteiger partial charge in [0.05, 0.1) is 18.6 Å². The van der Waals surface area contributed by atoms with Gasteiger partial charge >= 0.3 is 5.97 Å². The average molecular weight is 282 g/mol. The Morgan fingerprint density at radius 3 is 2.50 bits per heavy atom. The van der Waals surface area contributed by atoms with Crippen molar-refractivity contribution in [2.75, 3.05) is 6.61 Å². The number of hydrogen-bond acceptors (Lipinski definition) is 2. The molecule has 2 saturated carbocycles. The smallest absolute Gasteiger partial charge is 0.306 e. The summed E-state index contributed by atoms with van der Waals surface area (Å²) < 4.78 is 6.16. The molecule has 0 aromatic rings. The van der Waals surface area contributed by atoms with Crippen molar-refractivity contribution in [2.45, 2.75) is 71.3 Å². The monoisotopic (exact) mass is 282 g/mol. The largest absolute Gasteiger partial charge is 0.481 e. The van der Waals surface area contributed by atoms with Crippen LogP contribution in [0.25, 0.3) is 0 Å². The molecule has 116 valence electrons. The van der Waals surface area contributed by atoms with Gasteiger partial charge in [-0.2, -0.15) is 0 Å². The molecule has 4 unspecified atom stereocenters. The van der Waals surface area contributed by atoms with Crippen molar-refractivity contribution in [1.29, 1.82) is 0 Å². The van der Waals surface area contributed by atoms with E-state index < -0.39 is 5.97 Å². The second-order valence-corrected chi connectivity index (χ2v) is 6.84. The topological polar surface area (TPSA) is 46.5 Å². The van der Waals surface area contributed by atoms with Crippen LogP contribution in [-0.2, 0) is 9.53 Å². The molecule has 2 aliphatic carbocycles. The molecule has 4 atom stereocenters. The van der Waals surface area contributed by atoms with E-state index in [0.29, 0.717) is 19.1 Å². The number of ether oxygens (including phenoxy) is 1. The molecule has 0 aromatic carbocycles. The quantitative estimate of drug-likeness (QED) is 0.764. The van der Waals surface area contributed by atoms with E-state index in [1.807, 2.05) is 13.8 Å². The molecule has 3 nitrogen and oxygen atoms in total. The first-order valence-corrected chi connectivity index (χ1v) is 8.47. The van der Waals surface area contributed by atoms with Gasteiger partial charge in [0.2, 0.25) is 0 Å². The lowest BCUT2D eigenvalue weighted by atomic mass is 9.87. The number of hydrogen-bond donors (Lipinski definition) is 1. The molecular weight excluding hydrogens is 252 g/mol. The van der Waals surface area contributed by atoms with Crippen molar-refractivity contribution in [3.8, 4) is 0 Å². The first-order chi connectivity index (χ1) is 9.63. The summed E-state index contributed by atoms with van der Waals surface area (Å²) in [5, 5.41) is 9.20. The second kappa shape index (κ2) is 7.44. The van der Waals surface area contributed by atoms with Crippen molar-refractivity contribution in [3.63, 3.8) is 0 Å². The predicted octanol–water partition coefficient (Wildman–Crippen LogP) is 4.11. The number of carbonyl (C=O) groups is 1. The van der Waals surface area contributed by atoms with Crippen molar-refractivity contribution < 1.29 is 14.6 Å². The maximum absolute atomic E-state index is 11.2. The summed E-state index contributed by atoms with van der Waals surface area (Å²) in [5.41, 5.74) is 0. The molecule has 3 heteroatoms. The summed E-state index contributed by atoms with van der Waals surface area (Å²) in [6, 6.07) is 0. The highest BCUT2D eigenvalue weighted by atomic mass is 16.5. The summed E-state index contributed by atoms with van der Waals surface area (Å²) >= 11 is 0.